The molecule has 0 fully saturated rings. The summed E-state index contributed by atoms with van der Waals surface area (Å²) in [5.74, 6) is -1.33. The van der Waals surface area contributed by atoms with Gasteiger partial charge in [-0.3, -0.25) is 0 Å². The molecule has 1 aromatic carbocycles. The van der Waals surface area contributed by atoms with E-state index in [2.05, 4.69) is 9.68 Å². The summed E-state index contributed by atoms with van der Waals surface area (Å²) in [5.41, 5.74) is 8.55. The van der Waals surface area contributed by atoms with Crippen molar-refractivity contribution in [1.82, 2.24) is 5.16 Å². The van der Waals surface area contributed by atoms with Gasteiger partial charge in [-0.2, -0.15) is 0 Å². The first-order valence-electron chi connectivity index (χ1n) is 4.64. The summed E-state index contributed by atoms with van der Waals surface area (Å²) in [5, 5.41) is 12.4. The minimum absolute atomic E-state index is 0.186. The average molecular weight is 218 g/mol. The number of nitrogen functional groups attached to an aromatic ring is 1. The molecule has 0 bridgehead atoms. The molecule has 5 heteroatoms. The number of carbonyl (C=O) groups is 1. The van der Waals surface area contributed by atoms with Gasteiger partial charge in [0.05, 0.1) is 0 Å². The van der Waals surface area contributed by atoms with Gasteiger partial charge in [0.15, 0.2) is 0 Å². The molecule has 0 saturated carbocycles. The molecule has 0 amide bonds. The van der Waals surface area contributed by atoms with Gasteiger partial charge in [0.25, 0.3) is 0 Å². The molecule has 2 rings (SSSR count). The van der Waals surface area contributed by atoms with Gasteiger partial charge >= 0.3 is 5.97 Å². The van der Waals surface area contributed by atoms with Gasteiger partial charge in [0, 0.05) is 17.3 Å². The SMILES string of the molecule is Cc1ccc(-c2cc(C(=O)O)on2)cc1N. The molecule has 0 radical (unpaired) electrons. The summed E-state index contributed by atoms with van der Waals surface area (Å²) in [6.45, 7) is 1.89. The smallest absolute Gasteiger partial charge is 0.374 e. The predicted octanol–water partition coefficient (Wildman–Crippen LogP) is 1.93. The second-order valence-electron chi connectivity index (χ2n) is 3.45. The first kappa shape index (κ1) is 10.2. The van der Waals surface area contributed by atoms with Crippen LogP contribution in [-0.2, 0) is 0 Å². The second kappa shape index (κ2) is 3.69. The molecule has 5 nitrogen and oxygen atoms in total. The van der Waals surface area contributed by atoms with E-state index < -0.39 is 5.97 Å². The number of nitrogens with zero attached hydrogens (tertiary/aromatic N) is 1. The maximum absolute atomic E-state index is 10.6. The molecule has 2 aromatic rings. The molecule has 0 aliphatic carbocycles. The van der Waals surface area contributed by atoms with Gasteiger partial charge in [0.1, 0.15) is 5.69 Å². The van der Waals surface area contributed by atoms with Crippen molar-refractivity contribution in [3.8, 4) is 11.3 Å². The zero-order chi connectivity index (χ0) is 11.7. The zero-order valence-electron chi connectivity index (χ0n) is 8.60. The Morgan fingerprint density at radius 2 is 2.19 bits per heavy atom. The summed E-state index contributed by atoms with van der Waals surface area (Å²) >= 11 is 0. The molecule has 0 aliphatic heterocycles. The highest BCUT2D eigenvalue weighted by Crippen LogP contribution is 2.23. The van der Waals surface area contributed by atoms with Crippen molar-refractivity contribution in [2.24, 2.45) is 0 Å². The summed E-state index contributed by atoms with van der Waals surface area (Å²) in [7, 11) is 0. The van der Waals surface area contributed by atoms with Crippen molar-refractivity contribution in [2.45, 2.75) is 6.92 Å². The lowest BCUT2D eigenvalue weighted by Gasteiger charge is -2.01. The Hall–Kier alpha value is -2.30. The third-order valence-corrected chi connectivity index (χ3v) is 2.30. The number of nitrogens with two attached hydrogens (primary N) is 1. The maximum Gasteiger partial charge on any atom is 0.374 e. The fourth-order valence-corrected chi connectivity index (χ4v) is 1.31. The minimum atomic E-state index is -1.14. The molecular formula is C11H10N2O3. The van der Waals surface area contributed by atoms with E-state index in [1.807, 2.05) is 19.1 Å². The summed E-state index contributed by atoms with van der Waals surface area (Å²) in [6.07, 6.45) is 0. The monoisotopic (exact) mass is 218 g/mol. The third kappa shape index (κ3) is 1.75. The number of hydrogen-bond acceptors (Lipinski definition) is 4. The highest BCUT2D eigenvalue weighted by molar-refractivity contribution is 5.85. The largest absolute Gasteiger partial charge is 0.475 e. The molecule has 0 atom stereocenters. The topological polar surface area (TPSA) is 89.3 Å². The van der Waals surface area contributed by atoms with E-state index in [1.54, 1.807) is 6.07 Å². The molecule has 1 aromatic heterocycles. The Labute approximate surface area is 91.5 Å². The van der Waals surface area contributed by atoms with Crippen LogP contribution in [0.4, 0.5) is 5.69 Å². The number of hydrogen-bond donors (Lipinski definition) is 2. The fraction of sp³-hybridized carbons (Fsp3) is 0.0909. The van der Waals surface area contributed by atoms with Gasteiger partial charge in [-0.05, 0) is 18.6 Å². The number of aromatic nitrogens is 1. The highest BCUT2D eigenvalue weighted by Gasteiger charge is 2.12. The Morgan fingerprint density at radius 1 is 1.44 bits per heavy atom. The minimum Gasteiger partial charge on any atom is -0.475 e. The number of carboxylic acid groups (broad SMARTS) is 1. The Kier molecular flexibility index (Phi) is 2.36. The van der Waals surface area contributed by atoms with Crippen LogP contribution in [0.3, 0.4) is 0 Å². The highest BCUT2D eigenvalue weighted by atomic mass is 16.5. The molecule has 0 spiro atoms. The van der Waals surface area contributed by atoms with Crippen LogP contribution in [0.25, 0.3) is 11.3 Å². The van der Waals surface area contributed by atoms with Crippen molar-refractivity contribution < 1.29 is 14.4 Å². The van der Waals surface area contributed by atoms with E-state index in [9.17, 15) is 4.79 Å². The lowest BCUT2D eigenvalue weighted by atomic mass is 10.1. The number of carboxylic acids is 1. The molecule has 82 valence electrons. The van der Waals surface area contributed by atoms with Gasteiger partial charge < -0.3 is 15.4 Å². The van der Waals surface area contributed by atoms with E-state index in [-0.39, 0.29) is 5.76 Å². The van der Waals surface area contributed by atoms with Crippen LogP contribution in [0, 0.1) is 6.92 Å². The van der Waals surface area contributed by atoms with Crippen LogP contribution in [0.15, 0.2) is 28.8 Å². The summed E-state index contributed by atoms with van der Waals surface area (Å²) in [6, 6.07) is 6.76. The van der Waals surface area contributed by atoms with E-state index in [4.69, 9.17) is 10.8 Å². The number of aromatic carboxylic acids is 1. The van der Waals surface area contributed by atoms with Crippen molar-refractivity contribution in [1.29, 1.82) is 0 Å². The van der Waals surface area contributed by atoms with Crippen molar-refractivity contribution >= 4 is 11.7 Å². The second-order valence-corrected chi connectivity index (χ2v) is 3.45. The van der Waals surface area contributed by atoms with Crippen LogP contribution < -0.4 is 5.73 Å². The van der Waals surface area contributed by atoms with E-state index in [1.165, 1.54) is 6.07 Å². The van der Waals surface area contributed by atoms with Crippen molar-refractivity contribution in [2.75, 3.05) is 5.73 Å². The van der Waals surface area contributed by atoms with Gasteiger partial charge in [-0.25, -0.2) is 4.79 Å². The van der Waals surface area contributed by atoms with Crippen LogP contribution in [0.1, 0.15) is 16.1 Å². The number of aryl methyl sites for hydroxylation is 1. The number of rotatable bonds is 2. The lowest BCUT2D eigenvalue weighted by Crippen LogP contribution is -1.92. The molecule has 1 heterocycles. The number of anilines is 1. The van der Waals surface area contributed by atoms with Gasteiger partial charge in [-0.1, -0.05) is 17.3 Å². The van der Waals surface area contributed by atoms with Crippen LogP contribution in [-0.4, -0.2) is 16.2 Å². The fourth-order valence-electron chi connectivity index (χ4n) is 1.31. The molecule has 3 N–H and O–H groups in total. The molecule has 0 unspecified atom stereocenters. The Morgan fingerprint density at radius 3 is 2.75 bits per heavy atom. The normalized spacial score (nSPS) is 10.3. The standard InChI is InChI=1S/C11H10N2O3/c1-6-2-3-7(4-8(6)12)9-5-10(11(14)15)16-13-9/h2-5H,12H2,1H3,(H,14,15). The number of benzene rings is 1. The van der Waals surface area contributed by atoms with Crippen LogP contribution in [0.2, 0.25) is 0 Å². The third-order valence-electron chi connectivity index (χ3n) is 2.30. The average Bonchev–Trinajstić information content (AvgIpc) is 2.71. The van der Waals surface area contributed by atoms with Crippen LogP contribution in [0.5, 0.6) is 0 Å². The van der Waals surface area contributed by atoms with Crippen molar-refractivity contribution in [3.63, 3.8) is 0 Å². The zero-order valence-corrected chi connectivity index (χ0v) is 8.60. The lowest BCUT2D eigenvalue weighted by molar-refractivity contribution is 0.0652. The van der Waals surface area contributed by atoms with E-state index >= 15 is 0 Å². The molecule has 16 heavy (non-hydrogen) atoms. The quantitative estimate of drug-likeness (QED) is 0.751. The first-order chi connectivity index (χ1) is 7.58. The van der Waals surface area contributed by atoms with Gasteiger partial charge in [-0.15, -0.1) is 0 Å². The Balaban J connectivity index is 2.42. The van der Waals surface area contributed by atoms with Crippen molar-refractivity contribution in [3.05, 3.63) is 35.6 Å². The van der Waals surface area contributed by atoms with E-state index in [0.717, 1.165) is 11.1 Å². The Bertz CT molecular complexity index is 546. The molecule has 0 aliphatic rings. The van der Waals surface area contributed by atoms with Crippen LogP contribution >= 0.6 is 0 Å². The molecule has 0 saturated heterocycles. The molecular weight excluding hydrogens is 208 g/mol. The first-order valence-corrected chi connectivity index (χ1v) is 4.64. The summed E-state index contributed by atoms with van der Waals surface area (Å²) in [4.78, 5) is 10.6. The maximum atomic E-state index is 10.6. The summed E-state index contributed by atoms with van der Waals surface area (Å²) < 4.78 is 4.66. The predicted molar refractivity (Wildman–Crippen MR) is 58.0 cm³/mol. The van der Waals surface area contributed by atoms with Gasteiger partial charge in [0.2, 0.25) is 5.76 Å². The van der Waals surface area contributed by atoms with E-state index in [0.29, 0.717) is 11.4 Å².